The molecule has 1 aliphatic carbocycles. The molecular weight excluding hydrogens is 268 g/mol. The van der Waals surface area contributed by atoms with Crippen molar-refractivity contribution in [3.63, 3.8) is 0 Å². The fourth-order valence-corrected chi connectivity index (χ4v) is 2.54. The first kappa shape index (κ1) is 14.4. The average molecular weight is 283 g/mol. The van der Waals surface area contributed by atoms with Crippen LogP contribution in [0.5, 0.6) is 0 Å². The number of carboxylic acid groups (broad SMARTS) is 1. The highest BCUT2D eigenvalue weighted by Crippen LogP contribution is 2.58. The van der Waals surface area contributed by atoms with Gasteiger partial charge >= 0.3 is 5.97 Å². The molecule has 1 amide bonds. The number of carbonyl (C=O) groups excluding carboxylic acids is 1. The van der Waals surface area contributed by atoms with Crippen molar-refractivity contribution in [2.24, 2.45) is 17.3 Å². The SMILES string of the molecule is Cc1cc(F)c(NC(=O)C2C(C(=O)O)C2(C)C)cc1F. The summed E-state index contributed by atoms with van der Waals surface area (Å²) in [5.41, 5.74) is -0.823. The van der Waals surface area contributed by atoms with Crippen LogP contribution < -0.4 is 5.32 Å². The van der Waals surface area contributed by atoms with Gasteiger partial charge in [0, 0.05) is 6.07 Å². The molecule has 108 valence electrons. The molecule has 4 nitrogen and oxygen atoms in total. The van der Waals surface area contributed by atoms with Crippen molar-refractivity contribution < 1.29 is 23.5 Å². The number of anilines is 1. The topological polar surface area (TPSA) is 66.4 Å². The number of hydrogen-bond donors (Lipinski definition) is 2. The fraction of sp³-hybridized carbons (Fsp3) is 0.429. The number of benzene rings is 1. The summed E-state index contributed by atoms with van der Waals surface area (Å²) in [7, 11) is 0. The second-order valence-corrected chi connectivity index (χ2v) is 5.69. The van der Waals surface area contributed by atoms with E-state index in [4.69, 9.17) is 5.11 Å². The molecule has 6 heteroatoms. The van der Waals surface area contributed by atoms with E-state index >= 15 is 0 Å². The van der Waals surface area contributed by atoms with E-state index in [-0.39, 0.29) is 11.3 Å². The van der Waals surface area contributed by atoms with Crippen molar-refractivity contribution in [3.05, 3.63) is 29.3 Å². The van der Waals surface area contributed by atoms with E-state index in [9.17, 15) is 18.4 Å². The third-order valence-corrected chi connectivity index (χ3v) is 3.88. The maximum Gasteiger partial charge on any atom is 0.307 e. The molecule has 0 heterocycles. The Labute approximate surface area is 114 Å². The van der Waals surface area contributed by atoms with E-state index in [0.717, 1.165) is 12.1 Å². The van der Waals surface area contributed by atoms with Gasteiger partial charge in [0.15, 0.2) is 0 Å². The Hall–Kier alpha value is -1.98. The molecule has 1 fully saturated rings. The first-order valence-corrected chi connectivity index (χ1v) is 6.15. The van der Waals surface area contributed by atoms with Gasteiger partial charge in [0.1, 0.15) is 11.6 Å². The van der Waals surface area contributed by atoms with Crippen molar-refractivity contribution in [3.8, 4) is 0 Å². The van der Waals surface area contributed by atoms with Gasteiger partial charge in [0.05, 0.1) is 17.5 Å². The summed E-state index contributed by atoms with van der Waals surface area (Å²) in [5, 5.41) is 11.3. The van der Waals surface area contributed by atoms with E-state index in [1.54, 1.807) is 13.8 Å². The summed E-state index contributed by atoms with van der Waals surface area (Å²) in [4.78, 5) is 23.0. The Morgan fingerprint density at radius 2 is 1.80 bits per heavy atom. The van der Waals surface area contributed by atoms with Crippen LogP contribution in [0.4, 0.5) is 14.5 Å². The van der Waals surface area contributed by atoms with Crippen LogP contribution in [-0.2, 0) is 9.59 Å². The lowest BCUT2D eigenvalue weighted by Crippen LogP contribution is -2.18. The summed E-state index contributed by atoms with van der Waals surface area (Å²) in [6, 6.07) is 1.88. The number of aryl methyl sites for hydroxylation is 1. The average Bonchev–Trinajstić information content (AvgIpc) is 2.89. The molecule has 0 spiro atoms. The van der Waals surface area contributed by atoms with Gasteiger partial charge in [-0.2, -0.15) is 0 Å². The van der Waals surface area contributed by atoms with Crippen LogP contribution in [0.1, 0.15) is 19.4 Å². The molecule has 2 N–H and O–H groups in total. The van der Waals surface area contributed by atoms with Crippen LogP contribution in [0, 0.1) is 35.8 Å². The lowest BCUT2D eigenvalue weighted by Gasteiger charge is -2.08. The highest BCUT2D eigenvalue weighted by molar-refractivity contribution is 5.99. The number of halogens is 2. The van der Waals surface area contributed by atoms with E-state index in [1.807, 2.05) is 0 Å². The summed E-state index contributed by atoms with van der Waals surface area (Å²) >= 11 is 0. The Bertz CT molecular complexity index is 598. The van der Waals surface area contributed by atoms with E-state index < -0.39 is 40.8 Å². The first-order valence-electron chi connectivity index (χ1n) is 6.15. The summed E-state index contributed by atoms with van der Waals surface area (Å²) in [6.07, 6.45) is 0. The number of hydrogen-bond acceptors (Lipinski definition) is 2. The largest absolute Gasteiger partial charge is 0.481 e. The van der Waals surface area contributed by atoms with Gasteiger partial charge in [-0.25, -0.2) is 8.78 Å². The van der Waals surface area contributed by atoms with Crippen molar-refractivity contribution in [2.45, 2.75) is 20.8 Å². The van der Waals surface area contributed by atoms with Crippen LogP contribution in [0.25, 0.3) is 0 Å². The third kappa shape index (κ3) is 2.26. The van der Waals surface area contributed by atoms with Gasteiger partial charge in [-0.1, -0.05) is 13.8 Å². The van der Waals surface area contributed by atoms with Crippen LogP contribution in [-0.4, -0.2) is 17.0 Å². The smallest absolute Gasteiger partial charge is 0.307 e. The molecule has 0 saturated heterocycles. The Balaban J connectivity index is 2.18. The normalized spacial score (nSPS) is 23.2. The lowest BCUT2D eigenvalue weighted by molar-refractivity contribution is -0.140. The molecule has 2 unspecified atom stereocenters. The fourth-order valence-electron chi connectivity index (χ4n) is 2.54. The molecule has 0 aliphatic heterocycles. The minimum Gasteiger partial charge on any atom is -0.481 e. The van der Waals surface area contributed by atoms with Crippen molar-refractivity contribution in [2.75, 3.05) is 5.32 Å². The zero-order valence-electron chi connectivity index (χ0n) is 11.3. The first-order chi connectivity index (χ1) is 9.16. The standard InChI is InChI=1S/C14H15F2NO3/c1-6-4-8(16)9(5-7(6)15)17-12(18)10-11(13(19)20)14(10,2)3/h4-5,10-11H,1-3H3,(H,17,18)(H,19,20). The van der Waals surface area contributed by atoms with Gasteiger partial charge in [0.2, 0.25) is 5.91 Å². The molecule has 20 heavy (non-hydrogen) atoms. The predicted molar refractivity (Wildman–Crippen MR) is 68.1 cm³/mol. The van der Waals surface area contributed by atoms with Crippen LogP contribution in [0.15, 0.2) is 12.1 Å². The van der Waals surface area contributed by atoms with E-state index in [1.165, 1.54) is 6.92 Å². The monoisotopic (exact) mass is 283 g/mol. The van der Waals surface area contributed by atoms with Gasteiger partial charge in [-0.3, -0.25) is 9.59 Å². The molecule has 1 aliphatic rings. The van der Waals surface area contributed by atoms with Gasteiger partial charge in [-0.05, 0) is 24.0 Å². The zero-order chi connectivity index (χ0) is 15.2. The van der Waals surface area contributed by atoms with Crippen LogP contribution in [0.2, 0.25) is 0 Å². The van der Waals surface area contributed by atoms with Gasteiger partial charge in [-0.15, -0.1) is 0 Å². The minimum atomic E-state index is -1.06. The lowest BCUT2D eigenvalue weighted by atomic mass is 10.1. The second-order valence-electron chi connectivity index (χ2n) is 5.69. The summed E-state index contributed by atoms with van der Waals surface area (Å²) in [5.74, 6) is -4.60. The molecule has 0 radical (unpaired) electrons. The van der Waals surface area contributed by atoms with Crippen molar-refractivity contribution in [1.82, 2.24) is 0 Å². The highest BCUT2D eigenvalue weighted by atomic mass is 19.1. The van der Waals surface area contributed by atoms with Crippen molar-refractivity contribution >= 4 is 17.6 Å². The Morgan fingerprint density at radius 3 is 2.30 bits per heavy atom. The van der Waals surface area contributed by atoms with Gasteiger partial charge < -0.3 is 10.4 Å². The second kappa shape index (κ2) is 4.54. The third-order valence-electron chi connectivity index (χ3n) is 3.88. The summed E-state index contributed by atoms with van der Waals surface area (Å²) in [6.45, 7) is 4.72. The molecule has 2 atom stereocenters. The molecule has 0 aromatic heterocycles. The number of carboxylic acids is 1. The van der Waals surface area contributed by atoms with E-state index in [0.29, 0.717) is 0 Å². The van der Waals surface area contributed by atoms with Crippen LogP contribution >= 0.6 is 0 Å². The molecule has 1 aromatic carbocycles. The molecule has 2 rings (SSSR count). The number of rotatable bonds is 3. The van der Waals surface area contributed by atoms with E-state index in [2.05, 4.69) is 5.32 Å². The number of carbonyl (C=O) groups is 2. The van der Waals surface area contributed by atoms with Crippen molar-refractivity contribution in [1.29, 1.82) is 0 Å². The quantitative estimate of drug-likeness (QED) is 0.896. The zero-order valence-corrected chi connectivity index (χ0v) is 11.3. The number of aliphatic carboxylic acids is 1. The molecule has 1 saturated carbocycles. The van der Waals surface area contributed by atoms with Crippen LogP contribution in [0.3, 0.4) is 0 Å². The Morgan fingerprint density at radius 1 is 1.20 bits per heavy atom. The number of amides is 1. The molecule has 0 bridgehead atoms. The molecule has 1 aromatic rings. The predicted octanol–water partition coefficient (Wildman–Crippen LogP) is 2.57. The minimum absolute atomic E-state index is 0.135. The Kier molecular flexibility index (Phi) is 3.28. The highest BCUT2D eigenvalue weighted by Gasteiger charge is 2.65. The summed E-state index contributed by atoms with van der Waals surface area (Å²) < 4.78 is 27.0. The maximum atomic E-state index is 13.6. The number of nitrogens with one attached hydrogen (secondary N) is 1. The maximum absolute atomic E-state index is 13.6. The van der Waals surface area contributed by atoms with Gasteiger partial charge in [0.25, 0.3) is 0 Å². The molecular formula is C14H15F2NO3.